The first kappa shape index (κ1) is 17.1. The van der Waals surface area contributed by atoms with E-state index in [0.29, 0.717) is 0 Å². The van der Waals surface area contributed by atoms with Crippen LogP contribution in [-0.4, -0.2) is 38.3 Å². The van der Waals surface area contributed by atoms with Crippen molar-refractivity contribution in [1.82, 2.24) is 5.32 Å². The van der Waals surface area contributed by atoms with Crippen molar-refractivity contribution in [3.8, 4) is 0 Å². The first-order valence-corrected chi connectivity index (χ1v) is 8.25. The van der Waals surface area contributed by atoms with Crippen molar-refractivity contribution in [2.45, 2.75) is 19.4 Å². The van der Waals surface area contributed by atoms with Gasteiger partial charge in [-0.2, -0.15) is 0 Å². The second-order valence-electron chi connectivity index (χ2n) is 4.64. The summed E-state index contributed by atoms with van der Waals surface area (Å²) in [7, 11) is -3.27. The summed E-state index contributed by atoms with van der Waals surface area (Å²) in [5.41, 5.74) is -0.0304. The molecule has 1 aromatic rings. The van der Waals surface area contributed by atoms with Crippen molar-refractivity contribution in [1.29, 1.82) is 0 Å². The Kier molecular flexibility index (Phi) is 5.83. The van der Waals surface area contributed by atoms with Crippen LogP contribution in [0, 0.1) is 5.82 Å². The number of hydrogen-bond acceptors (Lipinski definition) is 4. The highest BCUT2D eigenvalue weighted by Gasteiger charge is 2.22. The fraction of sp³-hybridized carbons (Fsp3) is 0.385. The zero-order valence-corrected chi connectivity index (χ0v) is 12.5. The van der Waals surface area contributed by atoms with Gasteiger partial charge in [0.05, 0.1) is 11.4 Å². The predicted octanol–water partition coefficient (Wildman–Crippen LogP) is 0.704. The molecule has 2 N–H and O–H groups in total. The molecular formula is C13H17FN2O4S. The summed E-state index contributed by atoms with van der Waals surface area (Å²) < 4.78 is 35.8. The minimum Gasteiger partial charge on any atom is -0.345 e. The van der Waals surface area contributed by atoms with E-state index in [1.165, 1.54) is 25.1 Å². The highest BCUT2D eigenvalue weighted by molar-refractivity contribution is 7.90. The Morgan fingerprint density at radius 3 is 2.43 bits per heavy atom. The molecule has 0 spiro atoms. The lowest BCUT2D eigenvalue weighted by atomic mass is 10.2. The molecule has 0 bridgehead atoms. The highest BCUT2D eigenvalue weighted by Crippen LogP contribution is 2.13. The lowest BCUT2D eigenvalue weighted by molar-refractivity contribution is -0.125. The van der Waals surface area contributed by atoms with E-state index < -0.39 is 33.5 Å². The molecule has 0 fully saturated rings. The van der Waals surface area contributed by atoms with E-state index in [-0.39, 0.29) is 17.9 Å². The van der Waals surface area contributed by atoms with Crippen molar-refractivity contribution in [3.63, 3.8) is 0 Å². The minimum absolute atomic E-state index is 0.0304. The summed E-state index contributed by atoms with van der Waals surface area (Å²) in [4.78, 5) is 23.1. The number of halogens is 1. The fourth-order valence-electron chi connectivity index (χ4n) is 1.63. The van der Waals surface area contributed by atoms with E-state index in [0.717, 1.165) is 6.26 Å². The molecule has 1 atom stereocenters. The van der Waals surface area contributed by atoms with E-state index in [1.54, 1.807) is 6.07 Å². The summed E-state index contributed by atoms with van der Waals surface area (Å²) in [5, 5.41) is 4.68. The summed E-state index contributed by atoms with van der Waals surface area (Å²) in [5.74, 6) is -2.02. The maximum Gasteiger partial charge on any atom is 0.247 e. The lowest BCUT2D eigenvalue weighted by Crippen LogP contribution is -2.44. The largest absolute Gasteiger partial charge is 0.345 e. The molecule has 0 saturated heterocycles. The van der Waals surface area contributed by atoms with Gasteiger partial charge in [-0.1, -0.05) is 12.1 Å². The van der Waals surface area contributed by atoms with Crippen molar-refractivity contribution >= 4 is 27.3 Å². The monoisotopic (exact) mass is 316 g/mol. The molecule has 0 aliphatic carbocycles. The molecule has 1 rings (SSSR count). The quantitative estimate of drug-likeness (QED) is 0.808. The van der Waals surface area contributed by atoms with Crippen LogP contribution in [0.1, 0.15) is 13.3 Å². The van der Waals surface area contributed by atoms with E-state index in [9.17, 15) is 22.4 Å². The van der Waals surface area contributed by atoms with Crippen LogP contribution >= 0.6 is 0 Å². The molecule has 0 unspecified atom stereocenters. The number of nitrogens with one attached hydrogen (secondary N) is 2. The first-order valence-electron chi connectivity index (χ1n) is 6.19. The van der Waals surface area contributed by atoms with Crippen LogP contribution in [0.25, 0.3) is 0 Å². The van der Waals surface area contributed by atoms with E-state index in [1.807, 2.05) is 0 Å². The summed E-state index contributed by atoms with van der Waals surface area (Å²) >= 11 is 0. The molecule has 0 heterocycles. The van der Waals surface area contributed by atoms with Crippen molar-refractivity contribution in [2.24, 2.45) is 0 Å². The third-order valence-electron chi connectivity index (χ3n) is 2.60. The Hall–Kier alpha value is -1.96. The number of para-hydroxylation sites is 1. The predicted molar refractivity (Wildman–Crippen MR) is 77.0 cm³/mol. The zero-order valence-electron chi connectivity index (χ0n) is 11.7. The lowest BCUT2D eigenvalue weighted by Gasteiger charge is -2.17. The highest BCUT2D eigenvalue weighted by atomic mass is 32.2. The van der Waals surface area contributed by atoms with Gasteiger partial charge < -0.3 is 10.6 Å². The molecule has 116 valence electrons. The van der Waals surface area contributed by atoms with E-state index in [2.05, 4.69) is 10.6 Å². The fourth-order valence-corrected chi connectivity index (χ4v) is 2.29. The maximum atomic E-state index is 13.5. The molecule has 0 aliphatic rings. The second-order valence-corrected chi connectivity index (χ2v) is 6.90. The molecule has 0 radical (unpaired) electrons. The molecule has 0 aliphatic heterocycles. The second kappa shape index (κ2) is 7.16. The smallest absolute Gasteiger partial charge is 0.247 e. The van der Waals surface area contributed by atoms with Gasteiger partial charge in [-0.05, 0) is 18.6 Å². The third-order valence-corrected chi connectivity index (χ3v) is 3.58. The molecule has 6 nitrogen and oxygen atoms in total. The Balaban J connectivity index is 2.80. The van der Waals surface area contributed by atoms with Crippen molar-refractivity contribution in [3.05, 3.63) is 30.1 Å². The van der Waals surface area contributed by atoms with Gasteiger partial charge >= 0.3 is 0 Å². The van der Waals surface area contributed by atoms with Gasteiger partial charge in [0.2, 0.25) is 11.8 Å². The zero-order chi connectivity index (χ0) is 16.0. The molecule has 21 heavy (non-hydrogen) atoms. The van der Waals surface area contributed by atoms with Gasteiger partial charge in [0.25, 0.3) is 0 Å². The summed E-state index contributed by atoms with van der Waals surface area (Å²) in [6, 6.07) is 4.52. The summed E-state index contributed by atoms with van der Waals surface area (Å²) in [6.07, 6.45) is 0.950. The van der Waals surface area contributed by atoms with Gasteiger partial charge in [0.1, 0.15) is 21.7 Å². The number of hydrogen-bond donors (Lipinski definition) is 2. The van der Waals surface area contributed by atoms with Gasteiger partial charge in [-0.15, -0.1) is 0 Å². The molecular weight excluding hydrogens is 299 g/mol. The number of carbonyl (C=O) groups is 2. The number of sulfone groups is 1. The van der Waals surface area contributed by atoms with Crippen LogP contribution in [-0.2, 0) is 19.4 Å². The van der Waals surface area contributed by atoms with E-state index >= 15 is 0 Å². The van der Waals surface area contributed by atoms with Crippen LogP contribution in [0.3, 0.4) is 0 Å². The van der Waals surface area contributed by atoms with Crippen LogP contribution in [0.5, 0.6) is 0 Å². The Labute approximate surface area is 122 Å². The van der Waals surface area contributed by atoms with E-state index in [4.69, 9.17) is 0 Å². The number of benzene rings is 1. The van der Waals surface area contributed by atoms with Crippen molar-refractivity contribution < 1.29 is 22.4 Å². The molecule has 0 saturated carbocycles. The first-order chi connectivity index (χ1) is 9.69. The molecule has 0 aromatic heterocycles. The minimum atomic E-state index is -3.27. The normalized spacial score (nSPS) is 12.5. The molecule has 8 heteroatoms. The number of amides is 2. The Morgan fingerprint density at radius 2 is 1.90 bits per heavy atom. The van der Waals surface area contributed by atoms with Crippen LogP contribution in [0.2, 0.25) is 0 Å². The standard InChI is InChI=1S/C13H17FN2O4S/c1-9(17)15-12(7-8-21(2,19)20)13(18)16-11-6-4-3-5-10(11)14/h3-6,12H,7-8H2,1-2H3,(H,15,17)(H,16,18)/t12-/m0/s1. The Morgan fingerprint density at radius 1 is 1.29 bits per heavy atom. The van der Waals surface area contributed by atoms with Gasteiger partial charge in [0.15, 0.2) is 0 Å². The third kappa shape index (κ3) is 6.35. The van der Waals surface area contributed by atoms with Gasteiger partial charge in [0, 0.05) is 13.2 Å². The maximum absolute atomic E-state index is 13.5. The van der Waals surface area contributed by atoms with Crippen LogP contribution < -0.4 is 10.6 Å². The number of carbonyl (C=O) groups excluding carboxylic acids is 2. The average Bonchev–Trinajstić information content (AvgIpc) is 2.35. The van der Waals surface area contributed by atoms with Crippen molar-refractivity contribution in [2.75, 3.05) is 17.3 Å². The topological polar surface area (TPSA) is 92.3 Å². The Bertz CT molecular complexity index is 631. The van der Waals surface area contributed by atoms with Gasteiger partial charge in [-0.25, -0.2) is 12.8 Å². The number of rotatable bonds is 6. The number of anilines is 1. The molecule has 1 aromatic carbocycles. The average molecular weight is 316 g/mol. The van der Waals surface area contributed by atoms with Crippen LogP contribution in [0.15, 0.2) is 24.3 Å². The van der Waals surface area contributed by atoms with Gasteiger partial charge in [-0.3, -0.25) is 9.59 Å². The SMILES string of the molecule is CC(=O)N[C@@H](CCS(C)(=O)=O)C(=O)Nc1ccccc1F. The molecule has 2 amide bonds. The summed E-state index contributed by atoms with van der Waals surface area (Å²) in [6.45, 7) is 1.21. The van der Waals surface area contributed by atoms with Crippen LogP contribution in [0.4, 0.5) is 10.1 Å².